The van der Waals surface area contributed by atoms with Gasteiger partial charge in [0.1, 0.15) is 0 Å². The molecule has 0 aromatic heterocycles. The SMILES string of the molecule is N#CCC(NS(=O)(=O)c1ccc([N+](=O)[O-])cc1)c1ccccc1. The van der Waals surface area contributed by atoms with E-state index in [1.807, 2.05) is 6.07 Å². The molecule has 0 heterocycles. The maximum absolute atomic E-state index is 12.4. The number of benzene rings is 2. The molecule has 0 amide bonds. The van der Waals surface area contributed by atoms with Crippen LogP contribution in [0.5, 0.6) is 0 Å². The Hall–Kier alpha value is -2.76. The molecule has 1 unspecified atom stereocenters. The maximum Gasteiger partial charge on any atom is 0.269 e. The number of sulfonamides is 1. The van der Waals surface area contributed by atoms with Crippen molar-refractivity contribution < 1.29 is 13.3 Å². The van der Waals surface area contributed by atoms with Crippen LogP contribution in [-0.4, -0.2) is 13.3 Å². The third-order valence-corrected chi connectivity index (χ3v) is 4.64. The summed E-state index contributed by atoms with van der Waals surface area (Å²) in [7, 11) is -3.90. The number of nitro groups is 1. The van der Waals surface area contributed by atoms with E-state index in [-0.39, 0.29) is 17.0 Å². The lowest BCUT2D eigenvalue weighted by molar-refractivity contribution is -0.384. The third-order valence-electron chi connectivity index (χ3n) is 3.15. The number of nitrogens with zero attached hydrogens (tertiary/aromatic N) is 2. The number of nitrogens with one attached hydrogen (secondary N) is 1. The molecule has 1 N–H and O–H groups in total. The van der Waals surface area contributed by atoms with Gasteiger partial charge in [-0.2, -0.15) is 5.26 Å². The van der Waals surface area contributed by atoms with Crippen LogP contribution >= 0.6 is 0 Å². The van der Waals surface area contributed by atoms with E-state index < -0.39 is 21.0 Å². The largest absolute Gasteiger partial charge is 0.269 e. The van der Waals surface area contributed by atoms with Gasteiger partial charge in [-0.15, -0.1) is 0 Å². The zero-order valence-corrected chi connectivity index (χ0v) is 12.7. The monoisotopic (exact) mass is 331 g/mol. The van der Waals surface area contributed by atoms with Gasteiger partial charge in [0.05, 0.1) is 28.4 Å². The van der Waals surface area contributed by atoms with Crippen molar-refractivity contribution in [2.75, 3.05) is 0 Å². The highest BCUT2D eigenvalue weighted by molar-refractivity contribution is 7.89. The average Bonchev–Trinajstić information content (AvgIpc) is 2.55. The van der Waals surface area contributed by atoms with Crippen LogP contribution in [0.25, 0.3) is 0 Å². The van der Waals surface area contributed by atoms with Gasteiger partial charge in [-0.1, -0.05) is 30.3 Å². The Bertz CT molecular complexity index is 827. The van der Waals surface area contributed by atoms with Gasteiger partial charge in [0.15, 0.2) is 0 Å². The second-order valence-electron chi connectivity index (χ2n) is 4.70. The fourth-order valence-electron chi connectivity index (χ4n) is 2.01. The number of hydrogen-bond donors (Lipinski definition) is 1. The Balaban J connectivity index is 2.28. The van der Waals surface area contributed by atoms with Crippen LogP contribution in [0, 0.1) is 21.4 Å². The van der Waals surface area contributed by atoms with E-state index >= 15 is 0 Å². The molecule has 7 nitrogen and oxygen atoms in total. The number of non-ortho nitro benzene ring substituents is 1. The van der Waals surface area contributed by atoms with Gasteiger partial charge in [0.2, 0.25) is 10.0 Å². The molecule has 2 aromatic rings. The highest BCUT2D eigenvalue weighted by Gasteiger charge is 2.22. The van der Waals surface area contributed by atoms with Gasteiger partial charge in [0, 0.05) is 12.1 Å². The average molecular weight is 331 g/mol. The lowest BCUT2D eigenvalue weighted by Gasteiger charge is -2.16. The first-order chi connectivity index (χ1) is 10.9. The number of hydrogen-bond acceptors (Lipinski definition) is 5. The van der Waals surface area contributed by atoms with E-state index in [0.29, 0.717) is 5.56 Å². The van der Waals surface area contributed by atoms with Crippen LogP contribution in [0.15, 0.2) is 59.5 Å². The molecule has 0 fully saturated rings. The van der Waals surface area contributed by atoms with Crippen molar-refractivity contribution in [2.45, 2.75) is 17.4 Å². The summed E-state index contributed by atoms with van der Waals surface area (Å²) in [5.41, 5.74) is 0.472. The molecule has 0 spiro atoms. The Labute approximate surface area is 133 Å². The van der Waals surface area contributed by atoms with E-state index in [4.69, 9.17) is 5.26 Å². The number of nitro benzene ring substituents is 1. The fraction of sp³-hybridized carbons (Fsp3) is 0.133. The molecule has 2 rings (SSSR count). The summed E-state index contributed by atoms with van der Waals surface area (Å²) in [6.07, 6.45) is -0.0315. The summed E-state index contributed by atoms with van der Waals surface area (Å²) in [6, 6.07) is 14.6. The Morgan fingerprint density at radius 2 is 1.74 bits per heavy atom. The van der Waals surface area contributed by atoms with Crippen molar-refractivity contribution in [3.63, 3.8) is 0 Å². The maximum atomic E-state index is 12.4. The van der Waals surface area contributed by atoms with Crippen molar-refractivity contribution in [1.29, 1.82) is 5.26 Å². The van der Waals surface area contributed by atoms with Crippen LogP contribution < -0.4 is 4.72 Å². The van der Waals surface area contributed by atoms with E-state index in [0.717, 1.165) is 24.3 Å². The third kappa shape index (κ3) is 4.12. The minimum Gasteiger partial charge on any atom is -0.258 e. The summed E-state index contributed by atoms with van der Waals surface area (Å²) in [5, 5.41) is 19.5. The normalized spacial score (nSPS) is 12.3. The summed E-state index contributed by atoms with van der Waals surface area (Å²) in [6.45, 7) is 0. The highest BCUT2D eigenvalue weighted by atomic mass is 32.2. The standard InChI is InChI=1S/C15H13N3O4S/c16-11-10-15(12-4-2-1-3-5-12)17-23(21,22)14-8-6-13(7-9-14)18(19)20/h1-9,15,17H,10H2. The molecule has 0 saturated heterocycles. The van der Waals surface area contributed by atoms with Crippen molar-refractivity contribution in [2.24, 2.45) is 0 Å². The Morgan fingerprint density at radius 3 is 2.26 bits per heavy atom. The fourth-order valence-corrected chi connectivity index (χ4v) is 3.23. The molecule has 0 aliphatic rings. The van der Waals surface area contributed by atoms with Crippen LogP contribution in [-0.2, 0) is 10.0 Å². The first-order valence-electron chi connectivity index (χ1n) is 6.63. The lowest BCUT2D eigenvalue weighted by atomic mass is 10.1. The zero-order chi connectivity index (χ0) is 16.9. The number of rotatable bonds is 6. The van der Waals surface area contributed by atoms with E-state index in [1.165, 1.54) is 0 Å². The van der Waals surface area contributed by atoms with E-state index in [9.17, 15) is 18.5 Å². The molecule has 8 heteroatoms. The predicted molar refractivity (Wildman–Crippen MR) is 82.8 cm³/mol. The summed E-state index contributed by atoms with van der Waals surface area (Å²) >= 11 is 0. The predicted octanol–water partition coefficient (Wildman–Crippen LogP) is 2.53. The zero-order valence-electron chi connectivity index (χ0n) is 11.9. The Kier molecular flexibility index (Phi) is 5.05. The van der Waals surface area contributed by atoms with E-state index in [2.05, 4.69) is 4.72 Å². The molecular weight excluding hydrogens is 318 g/mol. The number of nitriles is 1. The lowest BCUT2D eigenvalue weighted by Crippen LogP contribution is -2.28. The van der Waals surface area contributed by atoms with Crippen LogP contribution in [0.2, 0.25) is 0 Å². The second-order valence-corrected chi connectivity index (χ2v) is 6.41. The first kappa shape index (κ1) is 16.6. The van der Waals surface area contributed by atoms with Gasteiger partial charge in [0.25, 0.3) is 5.69 Å². The molecule has 0 aliphatic heterocycles. The smallest absolute Gasteiger partial charge is 0.258 e. The van der Waals surface area contributed by atoms with Crippen molar-refractivity contribution in [1.82, 2.24) is 4.72 Å². The minimum absolute atomic E-state index is 0.0315. The van der Waals surface area contributed by atoms with Crippen molar-refractivity contribution in [3.8, 4) is 6.07 Å². The molecule has 0 aliphatic carbocycles. The van der Waals surface area contributed by atoms with Crippen molar-refractivity contribution >= 4 is 15.7 Å². The molecular formula is C15H13N3O4S. The van der Waals surface area contributed by atoms with Crippen LogP contribution in [0.4, 0.5) is 5.69 Å². The molecule has 1 atom stereocenters. The molecule has 118 valence electrons. The summed E-state index contributed by atoms with van der Waals surface area (Å²) in [5.74, 6) is 0. The molecule has 0 radical (unpaired) electrons. The van der Waals surface area contributed by atoms with Gasteiger partial charge >= 0.3 is 0 Å². The summed E-state index contributed by atoms with van der Waals surface area (Å²) in [4.78, 5) is 9.91. The topological polar surface area (TPSA) is 113 Å². The Morgan fingerprint density at radius 1 is 1.13 bits per heavy atom. The van der Waals surface area contributed by atoms with Crippen molar-refractivity contribution in [3.05, 3.63) is 70.3 Å². The molecule has 2 aromatic carbocycles. The van der Waals surface area contributed by atoms with E-state index in [1.54, 1.807) is 30.3 Å². The van der Waals surface area contributed by atoms with Gasteiger partial charge in [-0.05, 0) is 17.7 Å². The quantitative estimate of drug-likeness (QED) is 0.645. The van der Waals surface area contributed by atoms with Gasteiger partial charge in [-0.25, -0.2) is 13.1 Å². The first-order valence-corrected chi connectivity index (χ1v) is 8.11. The highest BCUT2D eigenvalue weighted by Crippen LogP contribution is 2.21. The van der Waals surface area contributed by atoms with Crippen LogP contribution in [0.1, 0.15) is 18.0 Å². The minimum atomic E-state index is -3.90. The molecule has 0 saturated carbocycles. The second kappa shape index (κ2) is 7.00. The van der Waals surface area contributed by atoms with Gasteiger partial charge < -0.3 is 0 Å². The van der Waals surface area contributed by atoms with Gasteiger partial charge in [-0.3, -0.25) is 10.1 Å². The molecule has 0 bridgehead atoms. The molecule has 23 heavy (non-hydrogen) atoms. The summed E-state index contributed by atoms with van der Waals surface area (Å²) < 4.78 is 27.2. The van der Waals surface area contributed by atoms with Crippen LogP contribution in [0.3, 0.4) is 0 Å².